The SMILES string of the molecule is CNCc1ccccc1OCC(=O)Nc1ccccc1Br. The number of ether oxygens (including phenoxy) is 1. The summed E-state index contributed by atoms with van der Waals surface area (Å²) >= 11 is 3.39. The first kappa shape index (κ1) is 15.5. The number of rotatable bonds is 6. The molecule has 2 N–H and O–H groups in total. The summed E-state index contributed by atoms with van der Waals surface area (Å²) in [5.74, 6) is 0.523. The van der Waals surface area contributed by atoms with Crippen LogP contribution in [-0.2, 0) is 11.3 Å². The van der Waals surface area contributed by atoms with Crippen molar-refractivity contribution >= 4 is 27.5 Å². The minimum atomic E-state index is -0.193. The van der Waals surface area contributed by atoms with Crippen LogP contribution in [0, 0.1) is 0 Å². The van der Waals surface area contributed by atoms with Crippen LogP contribution in [0.3, 0.4) is 0 Å². The van der Waals surface area contributed by atoms with Gasteiger partial charge < -0.3 is 15.4 Å². The lowest BCUT2D eigenvalue weighted by Crippen LogP contribution is -2.21. The molecule has 5 heteroatoms. The van der Waals surface area contributed by atoms with Crippen molar-refractivity contribution in [3.63, 3.8) is 0 Å². The van der Waals surface area contributed by atoms with Gasteiger partial charge in [0.1, 0.15) is 5.75 Å². The van der Waals surface area contributed by atoms with E-state index in [1.54, 1.807) is 0 Å². The summed E-state index contributed by atoms with van der Waals surface area (Å²) in [6.07, 6.45) is 0. The van der Waals surface area contributed by atoms with Gasteiger partial charge in [0.05, 0.1) is 5.69 Å². The number of carbonyl (C=O) groups excluding carboxylic acids is 1. The molecule has 0 aliphatic carbocycles. The molecule has 0 bridgehead atoms. The Labute approximate surface area is 132 Å². The second-order valence-electron chi connectivity index (χ2n) is 4.45. The fourth-order valence-electron chi connectivity index (χ4n) is 1.87. The topological polar surface area (TPSA) is 50.4 Å². The van der Waals surface area contributed by atoms with Crippen LogP contribution < -0.4 is 15.4 Å². The highest BCUT2D eigenvalue weighted by molar-refractivity contribution is 9.10. The summed E-state index contributed by atoms with van der Waals surface area (Å²) in [5.41, 5.74) is 1.75. The van der Waals surface area contributed by atoms with Crippen LogP contribution in [0.5, 0.6) is 5.75 Å². The normalized spacial score (nSPS) is 10.2. The molecule has 4 nitrogen and oxygen atoms in total. The number of carbonyl (C=O) groups is 1. The second-order valence-corrected chi connectivity index (χ2v) is 5.31. The zero-order chi connectivity index (χ0) is 15.1. The number of hydrogen-bond donors (Lipinski definition) is 2. The predicted molar refractivity (Wildman–Crippen MR) is 87.5 cm³/mol. The highest BCUT2D eigenvalue weighted by atomic mass is 79.9. The van der Waals surface area contributed by atoms with Crippen molar-refractivity contribution in [2.75, 3.05) is 19.0 Å². The maximum Gasteiger partial charge on any atom is 0.262 e. The van der Waals surface area contributed by atoms with Crippen LogP contribution in [0.25, 0.3) is 0 Å². The number of benzene rings is 2. The molecule has 2 rings (SSSR count). The summed E-state index contributed by atoms with van der Waals surface area (Å²) in [7, 11) is 1.87. The van der Waals surface area contributed by atoms with Gasteiger partial charge in [-0.05, 0) is 41.2 Å². The van der Waals surface area contributed by atoms with E-state index in [-0.39, 0.29) is 12.5 Å². The number of amides is 1. The van der Waals surface area contributed by atoms with E-state index in [0.717, 1.165) is 15.7 Å². The average Bonchev–Trinajstić information content (AvgIpc) is 2.49. The van der Waals surface area contributed by atoms with Crippen LogP contribution in [0.4, 0.5) is 5.69 Å². The van der Waals surface area contributed by atoms with Crippen molar-refractivity contribution in [3.05, 3.63) is 58.6 Å². The van der Waals surface area contributed by atoms with Crippen molar-refractivity contribution in [3.8, 4) is 5.75 Å². The predicted octanol–water partition coefficient (Wildman–Crippen LogP) is 3.19. The Morgan fingerprint density at radius 3 is 2.62 bits per heavy atom. The van der Waals surface area contributed by atoms with E-state index >= 15 is 0 Å². The van der Waals surface area contributed by atoms with Gasteiger partial charge in [0.2, 0.25) is 0 Å². The van der Waals surface area contributed by atoms with Gasteiger partial charge in [-0.2, -0.15) is 0 Å². The van der Waals surface area contributed by atoms with Gasteiger partial charge in [-0.1, -0.05) is 30.3 Å². The second kappa shape index (κ2) is 7.81. The lowest BCUT2D eigenvalue weighted by atomic mass is 10.2. The summed E-state index contributed by atoms with van der Waals surface area (Å²) in [5, 5.41) is 5.88. The number of hydrogen-bond acceptors (Lipinski definition) is 3. The first-order chi connectivity index (χ1) is 10.2. The van der Waals surface area contributed by atoms with E-state index in [4.69, 9.17) is 4.74 Å². The molecule has 0 unspecified atom stereocenters. The number of anilines is 1. The Morgan fingerprint density at radius 1 is 1.14 bits per heavy atom. The van der Waals surface area contributed by atoms with E-state index in [1.807, 2.05) is 55.6 Å². The molecule has 21 heavy (non-hydrogen) atoms. The molecular weight excluding hydrogens is 332 g/mol. The van der Waals surface area contributed by atoms with Gasteiger partial charge in [0.15, 0.2) is 6.61 Å². The molecule has 0 heterocycles. The van der Waals surface area contributed by atoms with Crippen molar-refractivity contribution < 1.29 is 9.53 Å². The molecule has 0 aromatic heterocycles. The standard InChI is InChI=1S/C16H17BrN2O2/c1-18-10-12-6-2-5-9-15(12)21-11-16(20)19-14-8-4-3-7-13(14)17/h2-9,18H,10-11H2,1H3,(H,19,20). The third kappa shape index (κ3) is 4.58. The molecule has 0 aliphatic heterocycles. The molecule has 0 saturated carbocycles. The molecule has 0 atom stereocenters. The van der Waals surface area contributed by atoms with Crippen LogP contribution >= 0.6 is 15.9 Å². The van der Waals surface area contributed by atoms with Gasteiger partial charge in [-0.15, -0.1) is 0 Å². The van der Waals surface area contributed by atoms with E-state index in [0.29, 0.717) is 12.3 Å². The molecule has 0 saturated heterocycles. The molecule has 0 aliphatic rings. The van der Waals surface area contributed by atoms with Gasteiger partial charge in [-0.3, -0.25) is 4.79 Å². The smallest absolute Gasteiger partial charge is 0.262 e. The molecule has 2 aromatic rings. The minimum Gasteiger partial charge on any atom is -0.483 e. The van der Waals surface area contributed by atoms with Crippen LogP contribution in [0.2, 0.25) is 0 Å². The quantitative estimate of drug-likeness (QED) is 0.842. The zero-order valence-electron chi connectivity index (χ0n) is 11.7. The van der Waals surface area contributed by atoms with Crippen molar-refractivity contribution in [2.24, 2.45) is 0 Å². The fraction of sp³-hybridized carbons (Fsp3) is 0.188. The lowest BCUT2D eigenvalue weighted by Gasteiger charge is -2.12. The number of halogens is 1. The summed E-state index contributed by atoms with van der Waals surface area (Å²) in [4.78, 5) is 11.9. The van der Waals surface area contributed by atoms with Crippen molar-refractivity contribution in [1.82, 2.24) is 5.32 Å². The zero-order valence-corrected chi connectivity index (χ0v) is 13.3. The third-order valence-corrected chi connectivity index (χ3v) is 3.54. The first-order valence-electron chi connectivity index (χ1n) is 6.60. The summed E-state index contributed by atoms with van der Waals surface area (Å²) < 4.78 is 6.44. The summed E-state index contributed by atoms with van der Waals surface area (Å²) in [6.45, 7) is 0.671. The summed E-state index contributed by atoms with van der Waals surface area (Å²) in [6, 6.07) is 15.1. The van der Waals surface area contributed by atoms with Gasteiger partial charge >= 0.3 is 0 Å². The van der Waals surface area contributed by atoms with E-state index in [1.165, 1.54) is 0 Å². The molecule has 2 aromatic carbocycles. The lowest BCUT2D eigenvalue weighted by molar-refractivity contribution is -0.118. The Kier molecular flexibility index (Phi) is 5.78. The third-order valence-electron chi connectivity index (χ3n) is 2.85. The fourth-order valence-corrected chi connectivity index (χ4v) is 2.26. The Balaban J connectivity index is 1.94. The molecule has 0 radical (unpaired) electrons. The van der Waals surface area contributed by atoms with Crippen LogP contribution in [-0.4, -0.2) is 19.6 Å². The number of para-hydroxylation sites is 2. The monoisotopic (exact) mass is 348 g/mol. The average molecular weight is 349 g/mol. The van der Waals surface area contributed by atoms with Crippen molar-refractivity contribution in [1.29, 1.82) is 0 Å². The minimum absolute atomic E-state index is 0.0257. The highest BCUT2D eigenvalue weighted by Crippen LogP contribution is 2.21. The maximum absolute atomic E-state index is 11.9. The largest absolute Gasteiger partial charge is 0.483 e. The first-order valence-corrected chi connectivity index (χ1v) is 7.39. The maximum atomic E-state index is 11.9. The molecule has 1 amide bonds. The van der Waals surface area contributed by atoms with E-state index in [2.05, 4.69) is 26.6 Å². The molecule has 0 fully saturated rings. The number of nitrogens with one attached hydrogen (secondary N) is 2. The Bertz CT molecular complexity index is 617. The van der Waals surface area contributed by atoms with Gasteiger partial charge in [-0.25, -0.2) is 0 Å². The van der Waals surface area contributed by atoms with Crippen LogP contribution in [0.1, 0.15) is 5.56 Å². The molecule has 110 valence electrons. The van der Waals surface area contributed by atoms with Gasteiger partial charge in [0, 0.05) is 16.6 Å². The van der Waals surface area contributed by atoms with Crippen LogP contribution in [0.15, 0.2) is 53.0 Å². The Morgan fingerprint density at radius 2 is 1.86 bits per heavy atom. The highest BCUT2D eigenvalue weighted by Gasteiger charge is 2.08. The Hall–Kier alpha value is -1.85. The van der Waals surface area contributed by atoms with Crippen molar-refractivity contribution in [2.45, 2.75) is 6.54 Å². The molecule has 0 spiro atoms. The van der Waals surface area contributed by atoms with Gasteiger partial charge in [0.25, 0.3) is 5.91 Å². The molecular formula is C16H17BrN2O2. The van der Waals surface area contributed by atoms with E-state index < -0.39 is 0 Å². The van der Waals surface area contributed by atoms with E-state index in [9.17, 15) is 4.79 Å².